The van der Waals surface area contributed by atoms with E-state index in [1.807, 2.05) is 0 Å². The molecule has 0 aromatic heterocycles. The maximum Gasteiger partial charge on any atom is 0.472 e. The molecule has 0 aliphatic rings. The molecule has 0 heterocycles. The molecule has 2 unspecified atom stereocenters. The molecule has 5 atom stereocenters. The summed E-state index contributed by atoms with van der Waals surface area (Å²) in [5.41, 5.74) is 0. The Morgan fingerprint density at radius 2 is 0.590 bits per heavy atom. The first-order valence-electron chi connectivity index (χ1n) is 31.1. The van der Waals surface area contributed by atoms with Gasteiger partial charge in [-0.1, -0.05) is 240 Å². The SMILES string of the molecule is CCCCCCCCCCCCCC(=O)OC[C@H](COP(=O)(O)OC[C@@H](O)COP(=O)(O)OC[C@@H](COC(=O)CCCCCCCCC)OC(=O)CCCCCCCCC(C)C)OC(=O)CCCCCCCCCCCCC. The van der Waals surface area contributed by atoms with Crippen molar-refractivity contribution in [2.75, 3.05) is 39.6 Å². The van der Waals surface area contributed by atoms with Gasteiger partial charge in [0.25, 0.3) is 0 Å². The van der Waals surface area contributed by atoms with Crippen molar-refractivity contribution < 1.29 is 80.2 Å². The highest BCUT2D eigenvalue weighted by Crippen LogP contribution is 2.45. The summed E-state index contributed by atoms with van der Waals surface area (Å²) in [4.78, 5) is 71.8. The molecule has 0 rings (SSSR count). The molecule has 462 valence electrons. The fraction of sp³-hybridized carbons (Fsp3) is 0.932. The highest BCUT2D eigenvalue weighted by atomic mass is 31.2. The summed E-state index contributed by atoms with van der Waals surface area (Å²) >= 11 is 0. The average Bonchev–Trinajstić information content (AvgIpc) is 3.40. The van der Waals surface area contributed by atoms with Crippen molar-refractivity contribution in [3.05, 3.63) is 0 Å². The Morgan fingerprint density at radius 1 is 0.346 bits per heavy atom. The number of phosphoric ester groups is 2. The lowest BCUT2D eigenvalue weighted by Crippen LogP contribution is -2.30. The normalized spacial score (nSPS) is 14.4. The standard InChI is InChI=1S/C59H114O17P2/c1-6-9-12-15-18-20-22-24-27-33-38-43-57(62)70-49-54(75-58(63)44-39-34-28-25-23-21-19-16-13-10-7-2)50-73-77(65,66)71-46-53(60)47-72-78(67,68)74-51-55(48-69-56(61)42-37-32-26-17-14-11-8-3)76-59(64)45-40-35-30-29-31-36-41-52(4)5/h52-55,60H,6-51H2,1-5H3,(H,65,66)(H,67,68)/t53-,54-,55-/m1/s1. The lowest BCUT2D eigenvalue weighted by atomic mass is 10.0. The minimum absolute atomic E-state index is 0.102. The van der Waals surface area contributed by atoms with E-state index < -0.39 is 97.5 Å². The van der Waals surface area contributed by atoms with E-state index in [0.717, 1.165) is 103 Å². The van der Waals surface area contributed by atoms with E-state index in [1.165, 1.54) is 103 Å². The van der Waals surface area contributed by atoms with Crippen molar-refractivity contribution >= 4 is 39.5 Å². The van der Waals surface area contributed by atoms with Crippen LogP contribution in [0.2, 0.25) is 0 Å². The largest absolute Gasteiger partial charge is 0.472 e. The predicted molar refractivity (Wildman–Crippen MR) is 308 cm³/mol. The fourth-order valence-corrected chi connectivity index (χ4v) is 10.3. The van der Waals surface area contributed by atoms with Crippen LogP contribution < -0.4 is 0 Å². The molecule has 19 heteroatoms. The van der Waals surface area contributed by atoms with Crippen molar-refractivity contribution in [3.63, 3.8) is 0 Å². The molecule has 0 fully saturated rings. The van der Waals surface area contributed by atoms with Gasteiger partial charge < -0.3 is 33.8 Å². The number of unbranched alkanes of at least 4 members (excludes halogenated alkanes) is 31. The first-order chi connectivity index (χ1) is 37.5. The van der Waals surface area contributed by atoms with Gasteiger partial charge in [-0.15, -0.1) is 0 Å². The summed E-state index contributed by atoms with van der Waals surface area (Å²) < 4.78 is 67.6. The van der Waals surface area contributed by atoms with Gasteiger partial charge in [-0.2, -0.15) is 0 Å². The molecular weight excluding hydrogens is 1040 g/mol. The average molecular weight is 1160 g/mol. The summed E-state index contributed by atoms with van der Waals surface area (Å²) in [5.74, 6) is -1.48. The molecule has 78 heavy (non-hydrogen) atoms. The van der Waals surface area contributed by atoms with Crippen molar-refractivity contribution in [2.45, 2.75) is 310 Å². The zero-order valence-corrected chi connectivity index (χ0v) is 51.6. The van der Waals surface area contributed by atoms with Crippen LogP contribution in [0.1, 0.15) is 291 Å². The van der Waals surface area contributed by atoms with E-state index in [-0.39, 0.29) is 25.7 Å². The third-order valence-electron chi connectivity index (χ3n) is 13.5. The Morgan fingerprint density at radius 3 is 0.872 bits per heavy atom. The summed E-state index contributed by atoms with van der Waals surface area (Å²) in [6.07, 6.45) is 35.0. The van der Waals surface area contributed by atoms with E-state index in [1.54, 1.807) is 0 Å². The first-order valence-corrected chi connectivity index (χ1v) is 34.1. The third kappa shape index (κ3) is 53.4. The van der Waals surface area contributed by atoms with E-state index in [9.17, 15) is 43.2 Å². The monoisotopic (exact) mass is 1160 g/mol. The fourth-order valence-electron chi connectivity index (χ4n) is 8.70. The Labute approximate surface area is 473 Å². The van der Waals surface area contributed by atoms with Crippen molar-refractivity contribution in [1.82, 2.24) is 0 Å². The Hall–Kier alpha value is -1.94. The number of phosphoric acid groups is 2. The number of ether oxygens (including phenoxy) is 4. The predicted octanol–water partition coefficient (Wildman–Crippen LogP) is 15.8. The maximum atomic E-state index is 12.9. The van der Waals surface area contributed by atoms with Crippen molar-refractivity contribution in [3.8, 4) is 0 Å². The van der Waals surface area contributed by atoms with E-state index in [0.29, 0.717) is 31.6 Å². The zero-order valence-electron chi connectivity index (χ0n) is 49.8. The number of aliphatic hydroxyl groups is 1. The van der Waals surface area contributed by atoms with Gasteiger partial charge in [0.05, 0.1) is 26.4 Å². The van der Waals surface area contributed by atoms with E-state index in [4.69, 9.17) is 37.0 Å². The molecule has 0 amide bonds. The molecule has 0 aliphatic heterocycles. The molecule has 0 saturated heterocycles. The van der Waals surface area contributed by atoms with Gasteiger partial charge in [0.1, 0.15) is 19.3 Å². The Bertz CT molecular complexity index is 1530. The number of hydrogen-bond donors (Lipinski definition) is 3. The number of hydrogen-bond acceptors (Lipinski definition) is 15. The first kappa shape index (κ1) is 76.1. The van der Waals surface area contributed by atoms with Gasteiger partial charge >= 0.3 is 39.5 Å². The molecule has 0 spiro atoms. The van der Waals surface area contributed by atoms with Gasteiger partial charge in [-0.05, 0) is 31.6 Å². The number of carbonyl (C=O) groups excluding carboxylic acids is 4. The van der Waals surface area contributed by atoms with Crippen LogP contribution in [0.15, 0.2) is 0 Å². The van der Waals surface area contributed by atoms with Crippen LogP contribution >= 0.6 is 15.6 Å². The number of esters is 4. The third-order valence-corrected chi connectivity index (χ3v) is 15.4. The van der Waals surface area contributed by atoms with Gasteiger partial charge in [0.15, 0.2) is 12.2 Å². The number of aliphatic hydroxyl groups excluding tert-OH is 1. The Kier molecular flexibility index (Phi) is 51.8. The summed E-state index contributed by atoms with van der Waals surface area (Å²) in [6, 6.07) is 0. The van der Waals surface area contributed by atoms with Gasteiger partial charge in [-0.3, -0.25) is 37.3 Å². The summed E-state index contributed by atoms with van der Waals surface area (Å²) in [5, 5.41) is 10.5. The number of rotatable bonds is 59. The zero-order chi connectivity index (χ0) is 57.8. The van der Waals surface area contributed by atoms with Crippen LogP contribution in [-0.4, -0.2) is 96.7 Å². The molecule has 0 aromatic rings. The lowest BCUT2D eigenvalue weighted by Gasteiger charge is -2.21. The molecule has 3 N–H and O–H groups in total. The molecule has 0 bridgehead atoms. The van der Waals surface area contributed by atoms with Crippen molar-refractivity contribution in [2.24, 2.45) is 5.92 Å². The minimum atomic E-state index is -4.94. The second-order valence-electron chi connectivity index (χ2n) is 21.9. The van der Waals surface area contributed by atoms with Crippen molar-refractivity contribution in [1.29, 1.82) is 0 Å². The van der Waals surface area contributed by atoms with E-state index >= 15 is 0 Å². The molecule has 0 saturated carbocycles. The van der Waals surface area contributed by atoms with Crippen LogP contribution in [0.4, 0.5) is 0 Å². The quantitative estimate of drug-likeness (QED) is 0.0222. The topological polar surface area (TPSA) is 237 Å². The molecular formula is C59H114O17P2. The highest BCUT2D eigenvalue weighted by molar-refractivity contribution is 7.47. The smallest absolute Gasteiger partial charge is 0.462 e. The second-order valence-corrected chi connectivity index (χ2v) is 24.8. The van der Waals surface area contributed by atoms with Gasteiger partial charge in [0, 0.05) is 25.7 Å². The van der Waals surface area contributed by atoms with Gasteiger partial charge in [-0.25, -0.2) is 9.13 Å². The van der Waals surface area contributed by atoms with Crippen LogP contribution in [0.3, 0.4) is 0 Å². The van der Waals surface area contributed by atoms with Crippen LogP contribution in [0.5, 0.6) is 0 Å². The van der Waals surface area contributed by atoms with Crippen LogP contribution in [0.25, 0.3) is 0 Å². The molecule has 0 radical (unpaired) electrons. The number of carbonyl (C=O) groups is 4. The Balaban J connectivity index is 5.21. The minimum Gasteiger partial charge on any atom is -0.462 e. The van der Waals surface area contributed by atoms with Crippen LogP contribution in [0, 0.1) is 5.92 Å². The molecule has 0 aliphatic carbocycles. The molecule has 0 aromatic carbocycles. The lowest BCUT2D eigenvalue weighted by molar-refractivity contribution is -0.161. The maximum absolute atomic E-state index is 12.9. The van der Waals surface area contributed by atoms with Gasteiger partial charge in [0.2, 0.25) is 0 Å². The summed E-state index contributed by atoms with van der Waals surface area (Å²) in [7, 11) is -9.87. The van der Waals surface area contributed by atoms with Crippen LogP contribution in [-0.2, 0) is 65.4 Å². The highest BCUT2D eigenvalue weighted by Gasteiger charge is 2.30. The van der Waals surface area contributed by atoms with E-state index in [2.05, 4.69) is 34.6 Å². The second kappa shape index (κ2) is 53.1. The molecule has 17 nitrogen and oxygen atoms in total. The summed E-state index contributed by atoms with van der Waals surface area (Å²) in [6.45, 7) is 7.01.